The second kappa shape index (κ2) is 11.8. The summed E-state index contributed by atoms with van der Waals surface area (Å²) < 4.78 is 18.8. The van der Waals surface area contributed by atoms with Crippen LogP contribution in [0.3, 0.4) is 0 Å². The van der Waals surface area contributed by atoms with Crippen LogP contribution in [-0.4, -0.2) is 41.1 Å². The fraction of sp³-hybridized carbons (Fsp3) is 0.407. The summed E-state index contributed by atoms with van der Waals surface area (Å²) in [5, 5.41) is 9.72. The van der Waals surface area contributed by atoms with Crippen molar-refractivity contribution in [3.63, 3.8) is 0 Å². The summed E-state index contributed by atoms with van der Waals surface area (Å²) in [5.74, 6) is -0.170. The maximum atomic E-state index is 13.5. The molecule has 3 aromatic rings. The van der Waals surface area contributed by atoms with Gasteiger partial charge in [-0.25, -0.2) is 4.39 Å². The number of carbonyl (C=O) groups excluding carboxylic acids is 2. The van der Waals surface area contributed by atoms with Crippen molar-refractivity contribution >= 4 is 23.2 Å². The van der Waals surface area contributed by atoms with E-state index in [1.54, 1.807) is 19.1 Å². The van der Waals surface area contributed by atoms with Gasteiger partial charge in [-0.05, 0) is 68.1 Å². The van der Waals surface area contributed by atoms with Crippen LogP contribution in [0.15, 0.2) is 47.0 Å². The number of amides is 2. The van der Waals surface area contributed by atoms with E-state index in [2.05, 4.69) is 25.7 Å². The van der Waals surface area contributed by atoms with Crippen molar-refractivity contribution in [2.45, 2.75) is 58.4 Å². The lowest BCUT2D eigenvalue weighted by molar-refractivity contribution is -0.126. The van der Waals surface area contributed by atoms with Crippen LogP contribution in [0.4, 0.5) is 15.8 Å². The van der Waals surface area contributed by atoms with Crippen molar-refractivity contribution in [3.8, 4) is 11.4 Å². The van der Waals surface area contributed by atoms with Crippen LogP contribution >= 0.6 is 0 Å². The highest BCUT2D eigenvalue weighted by Gasteiger charge is 2.21. The SMILES string of the molecule is CCCC(NC(=O)CCc1nc(-c2ccc(F)c(C)c2)no1)C(=O)Nc1cccc(N2CCCC2)c1. The fourth-order valence-electron chi connectivity index (χ4n) is 4.29. The molecule has 0 radical (unpaired) electrons. The second-order valence-corrected chi connectivity index (χ2v) is 9.12. The first-order valence-electron chi connectivity index (χ1n) is 12.5. The van der Waals surface area contributed by atoms with Crippen LogP contribution in [0.1, 0.15) is 50.5 Å². The maximum absolute atomic E-state index is 13.5. The molecule has 190 valence electrons. The zero-order valence-corrected chi connectivity index (χ0v) is 20.7. The zero-order chi connectivity index (χ0) is 25.5. The lowest BCUT2D eigenvalue weighted by atomic mass is 10.1. The van der Waals surface area contributed by atoms with Gasteiger partial charge in [0, 0.05) is 42.9 Å². The van der Waals surface area contributed by atoms with Crippen molar-refractivity contribution in [3.05, 3.63) is 59.7 Å². The molecule has 1 fully saturated rings. The minimum absolute atomic E-state index is 0.0992. The number of carbonyl (C=O) groups is 2. The average Bonchev–Trinajstić information content (AvgIpc) is 3.57. The van der Waals surface area contributed by atoms with E-state index in [1.165, 1.54) is 18.9 Å². The molecule has 2 heterocycles. The first-order valence-corrected chi connectivity index (χ1v) is 12.5. The lowest BCUT2D eigenvalue weighted by Crippen LogP contribution is -2.43. The molecule has 9 heteroatoms. The smallest absolute Gasteiger partial charge is 0.246 e. The van der Waals surface area contributed by atoms with Crippen molar-refractivity contribution in [1.29, 1.82) is 0 Å². The minimum Gasteiger partial charge on any atom is -0.371 e. The summed E-state index contributed by atoms with van der Waals surface area (Å²) in [6, 6.07) is 11.8. The van der Waals surface area contributed by atoms with Gasteiger partial charge in [0.2, 0.25) is 23.5 Å². The number of rotatable bonds is 10. The van der Waals surface area contributed by atoms with Gasteiger partial charge in [0.15, 0.2) is 0 Å². The van der Waals surface area contributed by atoms with Crippen molar-refractivity contribution in [2.75, 3.05) is 23.3 Å². The fourth-order valence-corrected chi connectivity index (χ4v) is 4.29. The molecule has 0 aliphatic carbocycles. The Hall–Kier alpha value is -3.75. The highest BCUT2D eigenvalue weighted by molar-refractivity contribution is 5.97. The molecule has 1 saturated heterocycles. The largest absolute Gasteiger partial charge is 0.371 e. The van der Waals surface area contributed by atoms with Gasteiger partial charge < -0.3 is 20.1 Å². The molecule has 1 aliphatic heterocycles. The van der Waals surface area contributed by atoms with Gasteiger partial charge in [0.05, 0.1) is 0 Å². The molecule has 1 atom stereocenters. The number of aromatic nitrogens is 2. The predicted molar refractivity (Wildman–Crippen MR) is 136 cm³/mol. The summed E-state index contributed by atoms with van der Waals surface area (Å²) in [7, 11) is 0. The van der Waals surface area contributed by atoms with E-state index in [0.29, 0.717) is 35.0 Å². The number of nitrogens with zero attached hydrogens (tertiary/aromatic N) is 3. The Labute approximate surface area is 210 Å². The molecule has 1 unspecified atom stereocenters. The molecule has 0 spiro atoms. The molecule has 1 aliphatic rings. The third-order valence-corrected chi connectivity index (χ3v) is 6.26. The van der Waals surface area contributed by atoms with E-state index in [1.807, 2.05) is 31.2 Å². The molecule has 0 saturated carbocycles. The third kappa shape index (κ3) is 6.47. The van der Waals surface area contributed by atoms with E-state index >= 15 is 0 Å². The Morgan fingerprint density at radius 2 is 1.97 bits per heavy atom. The Morgan fingerprint density at radius 1 is 1.17 bits per heavy atom. The molecule has 2 aromatic carbocycles. The number of nitrogens with one attached hydrogen (secondary N) is 2. The molecule has 2 amide bonds. The van der Waals surface area contributed by atoms with Gasteiger partial charge in [-0.1, -0.05) is 24.6 Å². The number of halogens is 1. The van der Waals surface area contributed by atoms with Crippen molar-refractivity contribution in [1.82, 2.24) is 15.5 Å². The quantitative estimate of drug-likeness (QED) is 0.427. The topological polar surface area (TPSA) is 100 Å². The Balaban J connectivity index is 1.31. The molecule has 8 nitrogen and oxygen atoms in total. The van der Waals surface area contributed by atoms with Gasteiger partial charge in [-0.3, -0.25) is 9.59 Å². The highest BCUT2D eigenvalue weighted by atomic mass is 19.1. The molecule has 2 N–H and O–H groups in total. The standard InChI is InChI=1S/C27H32FN5O3/c1-3-7-23(27(35)29-20-8-6-9-21(17-20)33-14-4-5-15-33)30-24(34)12-13-25-31-26(32-36-25)19-10-11-22(28)18(2)16-19/h6,8-11,16-17,23H,3-5,7,12-15H2,1-2H3,(H,29,35)(H,30,34). The number of benzene rings is 2. The molecule has 36 heavy (non-hydrogen) atoms. The van der Waals surface area contributed by atoms with Crippen LogP contribution < -0.4 is 15.5 Å². The molecule has 0 bridgehead atoms. The summed E-state index contributed by atoms with van der Waals surface area (Å²) >= 11 is 0. The molecule has 4 rings (SSSR count). The molecular weight excluding hydrogens is 461 g/mol. The first kappa shape index (κ1) is 25.3. The van der Waals surface area contributed by atoms with E-state index in [0.717, 1.165) is 25.2 Å². The lowest BCUT2D eigenvalue weighted by Gasteiger charge is -2.20. The van der Waals surface area contributed by atoms with Gasteiger partial charge in [-0.2, -0.15) is 4.98 Å². The maximum Gasteiger partial charge on any atom is 0.246 e. The van der Waals surface area contributed by atoms with Gasteiger partial charge in [-0.15, -0.1) is 0 Å². The van der Waals surface area contributed by atoms with Gasteiger partial charge >= 0.3 is 0 Å². The number of hydrogen-bond acceptors (Lipinski definition) is 6. The second-order valence-electron chi connectivity index (χ2n) is 9.12. The monoisotopic (exact) mass is 493 g/mol. The summed E-state index contributed by atoms with van der Waals surface area (Å²) in [4.78, 5) is 32.2. The predicted octanol–water partition coefficient (Wildman–Crippen LogP) is 4.64. The Morgan fingerprint density at radius 3 is 2.72 bits per heavy atom. The Kier molecular flexibility index (Phi) is 8.30. The Bertz CT molecular complexity index is 1210. The van der Waals surface area contributed by atoms with Crippen LogP contribution in [0.25, 0.3) is 11.4 Å². The van der Waals surface area contributed by atoms with Gasteiger partial charge in [0.25, 0.3) is 0 Å². The van der Waals surface area contributed by atoms with Crippen LogP contribution in [0.5, 0.6) is 0 Å². The van der Waals surface area contributed by atoms with E-state index in [-0.39, 0.29) is 30.5 Å². The average molecular weight is 494 g/mol. The van der Waals surface area contributed by atoms with E-state index in [4.69, 9.17) is 4.52 Å². The van der Waals surface area contributed by atoms with Crippen LogP contribution in [0, 0.1) is 12.7 Å². The van der Waals surface area contributed by atoms with Gasteiger partial charge in [0.1, 0.15) is 11.9 Å². The summed E-state index contributed by atoms with van der Waals surface area (Å²) in [5.41, 5.74) is 2.94. The molecule has 1 aromatic heterocycles. The highest BCUT2D eigenvalue weighted by Crippen LogP contribution is 2.24. The van der Waals surface area contributed by atoms with E-state index < -0.39 is 6.04 Å². The normalized spacial score (nSPS) is 14.0. The number of aryl methyl sites for hydroxylation is 2. The summed E-state index contributed by atoms with van der Waals surface area (Å²) in [6.45, 7) is 5.68. The summed E-state index contributed by atoms with van der Waals surface area (Å²) in [6.07, 6.45) is 3.96. The zero-order valence-electron chi connectivity index (χ0n) is 20.7. The number of anilines is 2. The van der Waals surface area contributed by atoms with Crippen LogP contribution in [-0.2, 0) is 16.0 Å². The minimum atomic E-state index is -0.640. The molecular formula is C27H32FN5O3. The first-order chi connectivity index (χ1) is 17.4. The van der Waals surface area contributed by atoms with Crippen molar-refractivity contribution in [2.24, 2.45) is 0 Å². The van der Waals surface area contributed by atoms with E-state index in [9.17, 15) is 14.0 Å². The number of hydrogen-bond donors (Lipinski definition) is 2. The third-order valence-electron chi connectivity index (χ3n) is 6.26. The van der Waals surface area contributed by atoms with Crippen molar-refractivity contribution < 1.29 is 18.5 Å². The van der Waals surface area contributed by atoms with Crippen LogP contribution in [0.2, 0.25) is 0 Å².